The number of primary amides is 1. The number of aryl methyl sites for hydroxylation is 1. The molecule has 0 saturated heterocycles. The maximum Gasteiger partial charge on any atom is 0.262 e. The second-order valence-electron chi connectivity index (χ2n) is 5.81. The van der Waals surface area contributed by atoms with Gasteiger partial charge in [-0.1, -0.05) is 18.2 Å². The van der Waals surface area contributed by atoms with Crippen LogP contribution in [-0.4, -0.2) is 38.6 Å². The van der Waals surface area contributed by atoms with Crippen molar-refractivity contribution in [3.8, 4) is 11.4 Å². The molecule has 0 fully saturated rings. The molecule has 138 valence electrons. The largest absolute Gasteiger partial charge is 0.484 e. The molecule has 27 heavy (non-hydrogen) atoms. The van der Waals surface area contributed by atoms with E-state index in [9.17, 15) is 9.59 Å². The van der Waals surface area contributed by atoms with Crippen LogP contribution in [0, 0.1) is 6.92 Å². The van der Waals surface area contributed by atoms with Crippen molar-refractivity contribution < 1.29 is 14.3 Å². The lowest BCUT2D eigenvalue weighted by atomic mass is 10.1. The molecule has 3 rings (SSSR count). The Kier molecular flexibility index (Phi) is 5.41. The minimum Gasteiger partial charge on any atom is -0.484 e. The van der Waals surface area contributed by atoms with Crippen LogP contribution in [-0.2, 0) is 16.0 Å². The van der Waals surface area contributed by atoms with E-state index in [4.69, 9.17) is 10.5 Å². The van der Waals surface area contributed by atoms with Gasteiger partial charge in [0, 0.05) is 5.69 Å². The Bertz CT molecular complexity index is 952. The topological polar surface area (TPSA) is 125 Å². The van der Waals surface area contributed by atoms with E-state index >= 15 is 0 Å². The van der Waals surface area contributed by atoms with Gasteiger partial charge in [0.25, 0.3) is 5.91 Å². The molecule has 0 bridgehead atoms. The van der Waals surface area contributed by atoms with Crippen molar-refractivity contribution in [2.75, 3.05) is 11.9 Å². The fourth-order valence-corrected chi connectivity index (χ4v) is 2.44. The molecule has 2 aromatic carbocycles. The first-order valence-corrected chi connectivity index (χ1v) is 8.16. The van der Waals surface area contributed by atoms with Crippen LogP contribution in [0.2, 0.25) is 0 Å². The predicted octanol–water partition coefficient (Wildman–Crippen LogP) is 1.02. The van der Waals surface area contributed by atoms with Gasteiger partial charge in [-0.2, -0.15) is 4.68 Å². The lowest BCUT2D eigenvalue weighted by Crippen LogP contribution is -2.20. The van der Waals surface area contributed by atoms with E-state index in [-0.39, 0.29) is 18.9 Å². The third-order valence-corrected chi connectivity index (χ3v) is 3.67. The van der Waals surface area contributed by atoms with Crippen molar-refractivity contribution in [2.24, 2.45) is 5.73 Å². The first-order chi connectivity index (χ1) is 13.0. The van der Waals surface area contributed by atoms with Gasteiger partial charge in [0.05, 0.1) is 12.1 Å². The van der Waals surface area contributed by atoms with E-state index in [2.05, 4.69) is 20.8 Å². The Balaban J connectivity index is 1.57. The summed E-state index contributed by atoms with van der Waals surface area (Å²) in [7, 11) is 0. The Morgan fingerprint density at radius 1 is 1.19 bits per heavy atom. The first kappa shape index (κ1) is 18.1. The minimum absolute atomic E-state index is 0.150. The number of hydrogen-bond donors (Lipinski definition) is 2. The molecule has 0 aliphatic carbocycles. The molecule has 1 heterocycles. The Labute approximate surface area is 155 Å². The van der Waals surface area contributed by atoms with Gasteiger partial charge in [-0.25, -0.2) is 0 Å². The zero-order valence-electron chi connectivity index (χ0n) is 14.6. The maximum absolute atomic E-state index is 12.1. The molecule has 0 atom stereocenters. The van der Waals surface area contributed by atoms with Crippen LogP contribution in [0.5, 0.6) is 5.75 Å². The normalized spacial score (nSPS) is 10.4. The number of aromatic nitrogens is 4. The van der Waals surface area contributed by atoms with Crippen LogP contribution in [0.3, 0.4) is 0 Å². The van der Waals surface area contributed by atoms with Gasteiger partial charge >= 0.3 is 0 Å². The smallest absolute Gasteiger partial charge is 0.262 e. The molecule has 0 saturated carbocycles. The zero-order chi connectivity index (χ0) is 19.2. The summed E-state index contributed by atoms with van der Waals surface area (Å²) in [4.78, 5) is 23.0. The molecule has 0 aliphatic heterocycles. The van der Waals surface area contributed by atoms with E-state index in [1.165, 1.54) is 0 Å². The van der Waals surface area contributed by atoms with Crippen molar-refractivity contribution in [1.82, 2.24) is 20.2 Å². The molecule has 0 aliphatic rings. The average molecular weight is 366 g/mol. The summed E-state index contributed by atoms with van der Waals surface area (Å²) in [5, 5.41) is 14.1. The molecular formula is C18H18N6O3. The SMILES string of the molecule is Cc1nnnn1-c1cccc(NC(=O)COc2ccc(CC(N)=O)cc2)c1. The van der Waals surface area contributed by atoms with Gasteiger partial charge in [-0.3, -0.25) is 9.59 Å². The molecule has 0 radical (unpaired) electrons. The Hall–Kier alpha value is -3.75. The molecule has 9 nitrogen and oxygen atoms in total. The summed E-state index contributed by atoms with van der Waals surface area (Å²) in [6.45, 7) is 1.64. The number of rotatable bonds is 7. The summed E-state index contributed by atoms with van der Waals surface area (Å²) in [5.74, 6) is 0.460. The number of nitrogens with two attached hydrogens (primary N) is 1. The van der Waals surface area contributed by atoms with Crippen molar-refractivity contribution in [1.29, 1.82) is 0 Å². The fourth-order valence-electron chi connectivity index (χ4n) is 2.44. The van der Waals surface area contributed by atoms with Gasteiger partial charge < -0.3 is 15.8 Å². The fraction of sp³-hybridized carbons (Fsp3) is 0.167. The summed E-state index contributed by atoms with van der Waals surface area (Å²) in [6, 6.07) is 14.0. The molecular weight excluding hydrogens is 348 g/mol. The van der Waals surface area contributed by atoms with Gasteiger partial charge in [-0.05, 0) is 53.2 Å². The first-order valence-electron chi connectivity index (χ1n) is 8.16. The average Bonchev–Trinajstić information content (AvgIpc) is 3.07. The van der Waals surface area contributed by atoms with E-state index in [1.54, 1.807) is 54.1 Å². The van der Waals surface area contributed by atoms with Gasteiger partial charge in [0.1, 0.15) is 5.75 Å². The summed E-state index contributed by atoms with van der Waals surface area (Å²) in [6.07, 6.45) is 0.165. The van der Waals surface area contributed by atoms with Crippen LogP contribution in [0.1, 0.15) is 11.4 Å². The lowest BCUT2D eigenvalue weighted by Gasteiger charge is -2.09. The molecule has 2 amide bonds. The highest BCUT2D eigenvalue weighted by molar-refractivity contribution is 5.92. The van der Waals surface area contributed by atoms with Gasteiger partial charge in [0.15, 0.2) is 12.4 Å². The monoisotopic (exact) mass is 366 g/mol. The second-order valence-corrected chi connectivity index (χ2v) is 5.81. The molecule has 3 aromatic rings. The van der Waals surface area contributed by atoms with Crippen LogP contribution >= 0.6 is 0 Å². The van der Waals surface area contributed by atoms with Crippen LogP contribution < -0.4 is 15.8 Å². The molecule has 1 aromatic heterocycles. The minimum atomic E-state index is -0.401. The van der Waals surface area contributed by atoms with Crippen molar-refractivity contribution in [2.45, 2.75) is 13.3 Å². The standard InChI is InChI=1S/C18H18N6O3/c1-12-21-22-23-24(12)15-4-2-3-14(10-15)20-18(26)11-27-16-7-5-13(6-8-16)9-17(19)25/h2-8,10H,9,11H2,1H3,(H2,19,25)(H,20,26). The van der Waals surface area contributed by atoms with E-state index in [1.807, 2.05) is 6.07 Å². The summed E-state index contributed by atoms with van der Waals surface area (Å²) >= 11 is 0. The number of carbonyl (C=O) groups is 2. The summed E-state index contributed by atoms with van der Waals surface area (Å²) in [5.41, 5.74) is 7.28. The number of amides is 2. The highest BCUT2D eigenvalue weighted by Crippen LogP contribution is 2.15. The van der Waals surface area contributed by atoms with E-state index < -0.39 is 5.91 Å². The number of carbonyl (C=O) groups excluding carboxylic acids is 2. The van der Waals surface area contributed by atoms with Crippen LogP contribution in [0.15, 0.2) is 48.5 Å². The number of nitrogens with one attached hydrogen (secondary N) is 1. The number of ether oxygens (including phenoxy) is 1. The maximum atomic E-state index is 12.1. The Morgan fingerprint density at radius 3 is 2.63 bits per heavy atom. The van der Waals surface area contributed by atoms with Crippen LogP contribution in [0.25, 0.3) is 5.69 Å². The highest BCUT2D eigenvalue weighted by atomic mass is 16.5. The molecule has 0 spiro atoms. The Morgan fingerprint density at radius 2 is 1.96 bits per heavy atom. The van der Waals surface area contributed by atoms with Crippen molar-refractivity contribution >= 4 is 17.5 Å². The number of benzene rings is 2. The highest BCUT2D eigenvalue weighted by Gasteiger charge is 2.08. The number of anilines is 1. The van der Waals surface area contributed by atoms with Gasteiger partial charge in [0.2, 0.25) is 5.91 Å². The van der Waals surface area contributed by atoms with E-state index in [0.29, 0.717) is 17.3 Å². The predicted molar refractivity (Wildman–Crippen MR) is 97.4 cm³/mol. The number of hydrogen-bond acceptors (Lipinski definition) is 6. The molecule has 0 unspecified atom stereocenters. The number of nitrogens with zero attached hydrogens (tertiary/aromatic N) is 4. The third-order valence-electron chi connectivity index (χ3n) is 3.67. The van der Waals surface area contributed by atoms with Crippen molar-refractivity contribution in [3.63, 3.8) is 0 Å². The molecule has 9 heteroatoms. The molecule has 3 N–H and O–H groups in total. The third kappa shape index (κ3) is 4.88. The second kappa shape index (κ2) is 8.09. The van der Waals surface area contributed by atoms with Gasteiger partial charge in [-0.15, -0.1) is 5.10 Å². The number of tetrazole rings is 1. The van der Waals surface area contributed by atoms with Crippen molar-refractivity contribution in [3.05, 3.63) is 59.9 Å². The quantitative estimate of drug-likeness (QED) is 0.643. The lowest BCUT2D eigenvalue weighted by molar-refractivity contribution is -0.118. The van der Waals surface area contributed by atoms with E-state index in [0.717, 1.165) is 11.3 Å². The zero-order valence-corrected chi connectivity index (χ0v) is 14.6. The summed E-state index contributed by atoms with van der Waals surface area (Å²) < 4.78 is 7.03. The van der Waals surface area contributed by atoms with Crippen LogP contribution in [0.4, 0.5) is 5.69 Å².